The predicted octanol–water partition coefficient (Wildman–Crippen LogP) is 6.62. The van der Waals surface area contributed by atoms with Crippen LogP contribution in [0.1, 0.15) is 73.7 Å². The molecular weight excluding hydrogens is 585 g/mol. The van der Waals surface area contributed by atoms with Crippen molar-refractivity contribution in [2.75, 3.05) is 60.6 Å². The van der Waals surface area contributed by atoms with Crippen molar-refractivity contribution in [2.45, 2.75) is 75.3 Å². The van der Waals surface area contributed by atoms with Gasteiger partial charge in [-0.1, -0.05) is 35.7 Å². The Kier molecular flexibility index (Phi) is 11.2. The smallest absolute Gasteiger partial charge is 0.203 e. The number of carbonyl (C=O) groups is 1. The van der Waals surface area contributed by atoms with Crippen LogP contribution in [0.5, 0.6) is 17.2 Å². The zero-order chi connectivity index (χ0) is 30.4. The van der Waals surface area contributed by atoms with Crippen molar-refractivity contribution >= 4 is 29.0 Å². The molecule has 2 unspecified atom stereocenters. The number of piperidine rings is 2. The maximum Gasteiger partial charge on any atom is 0.203 e. The molecule has 0 radical (unpaired) electrons. The van der Waals surface area contributed by atoms with E-state index in [9.17, 15) is 4.79 Å². The van der Waals surface area contributed by atoms with Gasteiger partial charge in [0.15, 0.2) is 17.3 Å². The van der Waals surface area contributed by atoms with Crippen LogP contribution in [0, 0.1) is 0 Å². The highest BCUT2D eigenvalue weighted by Gasteiger charge is 2.40. The van der Waals surface area contributed by atoms with Crippen LogP contribution < -0.4 is 19.5 Å². The Labute approximate surface area is 267 Å². The normalized spacial score (nSPS) is 24.3. The Hall–Kier alpha value is -2.03. The SMILES string of the molecule is COc1cc(C(=O)C2CC(CCN3CCC(N4CCCCC4)CC3)(c3ccc(Cl)c(Cl)c3)CCCN2)cc(OC)c1OC. The first kappa shape index (κ1) is 32.4. The molecule has 3 heterocycles. The summed E-state index contributed by atoms with van der Waals surface area (Å²) in [5.41, 5.74) is 1.48. The second kappa shape index (κ2) is 14.8. The van der Waals surface area contributed by atoms with Gasteiger partial charge in [-0.3, -0.25) is 4.79 Å². The maximum absolute atomic E-state index is 14.1. The summed E-state index contributed by atoms with van der Waals surface area (Å²) in [5, 5.41) is 4.69. The minimum atomic E-state index is -0.371. The van der Waals surface area contributed by atoms with Crippen LogP contribution >= 0.6 is 23.2 Å². The number of methoxy groups -OCH3 is 3. The van der Waals surface area contributed by atoms with Gasteiger partial charge >= 0.3 is 0 Å². The van der Waals surface area contributed by atoms with Crippen LogP contribution in [0.3, 0.4) is 0 Å². The van der Waals surface area contributed by atoms with Crippen molar-refractivity contribution in [2.24, 2.45) is 0 Å². The zero-order valence-electron chi connectivity index (χ0n) is 25.9. The highest BCUT2D eigenvalue weighted by Crippen LogP contribution is 2.43. The molecule has 9 heteroatoms. The molecular formula is C34H47Cl2N3O4. The number of benzene rings is 2. The van der Waals surface area contributed by atoms with E-state index in [1.165, 1.54) is 45.2 Å². The molecule has 3 aliphatic rings. The van der Waals surface area contributed by atoms with Gasteiger partial charge in [-0.2, -0.15) is 0 Å². The largest absolute Gasteiger partial charge is 0.493 e. The monoisotopic (exact) mass is 631 g/mol. The Bertz CT molecular complexity index is 1220. The number of halogens is 2. The van der Waals surface area contributed by atoms with E-state index in [1.807, 2.05) is 12.1 Å². The first-order valence-electron chi connectivity index (χ1n) is 15.9. The Morgan fingerprint density at radius 1 is 0.907 bits per heavy atom. The lowest BCUT2D eigenvalue weighted by molar-refractivity contribution is 0.0854. The summed E-state index contributed by atoms with van der Waals surface area (Å²) in [6.07, 6.45) is 10.1. The molecule has 3 fully saturated rings. The van der Waals surface area contributed by atoms with Gasteiger partial charge in [-0.25, -0.2) is 0 Å². The van der Waals surface area contributed by atoms with Crippen LogP contribution in [0.15, 0.2) is 30.3 Å². The first-order chi connectivity index (χ1) is 20.9. The van der Waals surface area contributed by atoms with E-state index in [-0.39, 0.29) is 17.2 Å². The minimum absolute atomic E-state index is 0.0212. The number of nitrogens with zero attached hydrogens (tertiary/aromatic N) is 2. The van der Waals surface area contributed by atoms with Crippen molar-refractivity contribution in [3.05, 3.63) is 51.5 Å². The number of Topliss-reactive ketones (excluding diaryl/α,β-unsaturated/α-hetero) is 1. The van der Waals surface area contributed by atoms with Crippen molar-refractivity contribution in [3.63, 3.8) is 0 Å². The molecule has 236 valence electrons. The van der Waals surface area contributed by atoms with Gasteiger partial charge in [0.2, 0.25) is 5.75 Å². The lowest BCUT2D eigenvalue weighted by atomic mass is 9.69. The van der Waals surface area contributed by atoms with Gasteiger partial charge in [0.1, 0.15) is 0 Å². The molecule has 3 aliphatic heterocycles. The zero-order valence-corrected chi connectivity index (χ0v) is 27.4. The summed E-state index contributed by atoms with van der Waals surface area (Å²) in [6.45, 7) is 6.55. The third-order valence-corrected chi connectivity index (χ3v) is 10.7. The van der Waals surface area contributed by atoms with Gasteiger partial charge in [-0.15, -0.1) is 0 Å². The van der Waals surface area contributed by atoms with Crippen LogP contribution in [0.4, 0.5) is 0 Å². The molecule has 0 spiro atoms. The molecule has 0 amide bonds. The summed E-state index contributed by atoms with van der Waals surface area (Å²) in [7, 11) is 4.71. The number of ether oxygens (including phenoxy) is 3. The number of likely N-dealkylation sites (tertiary alicyclic amines) is 2. The van der Waals surface area contributed by atoms with Crippen LogP contribution in [-0.2, 0) is 5.41 Å². The lowest BCUT2D eigenvalue weighted by Crippen LogP contribution is -2.47. The summed E-state index contributed by atoms with van der Waals surface area (Å²) >= 11 is 13.0. The van der Waals surface area contributed by atoms with Gasteiger partial charge in [0, 0.05) is 11.6 Å². The average Bonchev–Trinajstić information content (AvgIpc) is 3.28. The second-order valence-electron chi connectivity index (χ2n) is 12.4. The second-order valence-corrected chi connectivity index (χ2v) is 13.2. The predicted molar refractivity (Wildman–Crippen MR) is 174 cm³/mol. The van der Waals surface area contributed by atoms with Gasteiger partial charge in [0.05, 0.1) is 37.4 Å². The fourth-order valence-corrected chi connectivity index (χ4v) is 7.80. The van der Waals surface area contributed by atoms with Crippen LogP contribution in [0.2, 0.25) is 10.0 Å². The van der Waals surface area contributed by atoms with E-state index in [0.717, 1.165) is 57.0 Å². The van der Waals surface area contributed by atoms with Crippen LogP contribution in [-0.4, -0.2) is 88.3 Å². The third kappa shape index (κ3) is 7.45. The average molecular weight is 633 g/mol. The Balaban J connectivity index is 1.37. The highest BCUT2D eigenvalue weighted by atomic mass is 35.5. The van der Waals surface area contributed by atoms with E-state index >= 15 is 0 Å². The molecule has 0 saturated carbocycles. The van der Waals surface area contributed by atoms with Gasteiger partial charge < -0.3 is 29.3 Å². The summed E-state index contributed by atoms with van der Waals surface area (Å²) in [6, 6.07) is 9.90. The fraction of sp³-hybridized carbons (Fsp3) is 0.618. The summed E-state index contributed by atoms with van der Waals surface area (Å²) in [5.74, 6) is 1.45. The molecule has 0 aliphatic carbocycles. The molecule has 2 aromatic rings. The van der Waals surface area contributed by atoms with E-state index in [4.69, 9.17) is 37.4 Å². The molecule has 1 N–H and O–H groups in total. The lowest BCUT2D eigenvalue weighted by Gasteiger charge is -2.42. The van der Waals surface area contributed by atoms with E-state index in [0.29, 0.717) is 39.3 Å². The molecule has 0 aromatic heterocycles. The molecule has 3 saturated heterocycles. The molecule has 2 aromatic carbocycles. The van der Waals surface area contributed by atoms with Crippen molar-refractivity contribution < 1.29 is 19.0 Å². The minimum Gasteiger partial charge on any atom is -0.493 e. The number of hydrogen-bond donors (Lipinski definition) is 1. The summed E-state index contributed by atoms with van der Waals surface area (Å²) < 4.78 is 16.6. The van der Waals surface area contributed by atoms with E-state index in [1.54, 1.807) is 33.5 Å². The number of carbonyl (C=O) groups excluding carboxylic acids is 1. The summed E-state index contributed by atoms with van der Waals surface area (Å²) in [4.78, 5) is 19.5. The quantitative estimate of drug-likeness (QED) is 0.296. The van der Waals surface area contributed by atoms with E-state index < -0.39 is 0 Å². The highest BCUT2D eigenvalue weighted by molar-refractivity contribution is 6.42. The van der Waals surface area contributed by atoms with Gasteiger partial charge in [-0.05, 0) is 126 Å². The standard InChI is InChI=1S/C34H47Cl2N3O4/c1-41-30-20-24(21-31(42-2)33(30)43-3)32(40)29-23-34(12-7-14-37-29,25-8-9-27(35)28(36)22-25)13-19-38-17-10-26(11-18-38)39-15-5-4-6-16-39/h8-9,20-22,26,29,37H,4-7,10-19,23H2,1-3H3. The number of hydrogen-bond acceptors (Lipinski definition) is 7. The van der Waals surface area contributed by atoms with Crippen molar-refractivity contribution in [3.8, 4) is 17.2 Å². The van der Waals surface area contributed by atoms with Crippen molar-refractivity contribution in [1.29, 1.82) is 0 Å². The fourth-order valence-electron chi connectivity index (χ4n) is 7.50. The number of nitrogens with one attached hydrogen (secondary N) is 1. The number of rotatable bonds is 10. The molecule has 5 rings (SSSR count). The molecule has 2 atom stereocenters. The number of ketones is 1. The molecule has 0 bridgehead atoms. The molecule has 43 heavy (non-hydrogen) atoms. The Morgan fingerprint density at radius 3 is 2.23 bits per heavy atom. The maximum atomic E-state index is 14.1. The third-order valence-electron chi connectivity index (χ3n) is 9.99. The van der Waals surface area contributed by atoms with E-state index in [2.05, 4.69) is 21.2 Å². The van der Waals surface area contributed by atoms with Crippen LogP contribution in [0.25, 0.3) is 0 Å². The van der Waals surface area contributed by atoms with Crippen molar-refractivity contribution in [1.82, 2.24) is 15.1 Å². The molecule has 7 nitrogen and oxygen atoms in total. The Morgan fingerprint density at radius 2 is 1.60 bits per heavy atom. The first-order valence-corrected chi connectivity index (χ1v) is 16.6. The topological polar surface area (TPSA) is 63.3 Å². The van der Waals surface area contributed by atoms with Gasteiger partial charge in [0.25, 0.3) is 0 Å².